The van der Waals surface area contributed by atoms with E-state index in [0.717, 1.165) is 50.4 Å². The highest BCUT2D eigenvalue weighted by molar-refractivity contribution is 5.44. The first kappa shape index (κ1) is 11.8. The summed E-state index contributed by atoms with van der Waals surface area (Å²) >= 11 is 0. The maximum atomic E-state index is 5.91. The minimum atomic E-state index is 0.350. The van der Waals surface area contributed by atoms with E-state index in [0.29, 0.717) is 12.8 Å². The average molecular weight is 248 g/mol. The first-order valence-corrected chi connectivity index (χ1v) is 6.68. The standard InChI is InChI=1S/C14H20N2O2/c15-12-4-7-16(8-5-12)6-3-11-1-2-13-14(9-11)18-10-17-13/h1-2,9,12H,3-8,10,15H2. The quantitative estimate of drug-likeness (QED) is 0.878. The molecule has 2 N–H and O–H groups in total. The van der Waals surface area contributed by atoms with Crippen molar-refractivity contribution >= 4 is 0 Å². The molecule has 2 aliphatic rings. The number of fused-ring (bicyclic) bond motifs is 1. The van der Waals surface area contributed by atoms with Gasteiger partial charge in [-0.2, -0.15) is 0 Å². The van der Waals surface area contributed by atoms with Crippen molar-refractivity contribution in [3.63, 3.8) is 0 Å². The maximum absolute atomic E-state index is 5.91. The van der Waals surface area contributed by atoms with Crippen LogP contribution in [-0.4, -0.2) is 37.4 Å². The van der Waals surface area contributed by atoms with Gasteiger partial charge in [-0.3, -0.25) is 0 Å². The minimum Gasteiger partial charge on any atom is -0.454 e. The fourth-order valence-electron chi connectivity index (χ4n) is 2.56. The molecule has 1 fully saturated rings. The Hall–Kier alpha value is -1.26. The summed E-state index contributed by atoms with van der Waals surface area (Å²) in [5.74, 6) is 1.75. The number of nitrogens with two attached hydrogens (primary N) is 1. The van der Waals surface area contributed by atoms with Crippen molar-refractivity contribution in [1.82, 2.24) is 4.90 Å². The van der Waals surface area contributed by atoms with Gasteiger partial charge in [-0.15, -0.1) is 0 Å². The Labute approximate surface area is 108 Å². The van der Waals surface area contributed by atoms with E-state index in [-0.39, 0.29) is 0 Å². The van der Waals surface area contributed by atoms with Crippen molar-refractivity contribution < 1.29 is 9.47 Å². The monoisotopic (exact) mass is 248 g/mol. The van der Waals surface area contributed by atoms with Gasteiger partial charge in [0.25, 0.3) is 0 Å². The SMILES string of the molecule is NC1CCN(CCc2ccc3c(c2)OCO3)CC1. The number of piperidine rings is 1. The van der Waals surface area contributed by atoms with Crippen LogP contribution < -0.4 is 15.2 Å². The zero-order chi connectivity index (χ0) is 12.4. The molecule has 0 spiro atoms. The fraction of sp³-hybridized carbons (Fsp3) is 0.571. The molecular weight excluding hydrogens is 228 g/mol. The third-order valence-electron chi connectivity index (χ3n) is 3.79. The largest absolute Gasteiger partial charge is 0.454 e. The Morgan fingerprint density at radius 2 is 1.94 bits per heavy atom. The molecule has 0 aromatic heterocycles. The molecule has 0 bridgehead atoms. The van der Waals surface area contributed by atoms with Crippen LogP contribution in [0.15, 0.2) is 18.2 Å². The number of nitrogens with zero attached hydrogens (tertiary/aromatic N) is 1. The Balaban J connectivity index is 1.54. The van der Waals surface area contributed by atoms with Gasteiger partial charge in [0.05, 0.1) is 0 Å². The van der Waals surface area contributed by atoms with E-state index >= 15 is 0 Å². The van der Waals surface area contributed by atoms with Crippen LogP contribution in [0, 0.1) is 0 Å². The second kappa shape index (κ2) is 5.16. The van der Waals surface area contributed by atoms with E-state index in [4.69, 9.17) is 15.2 Å². The van der Waals surface area contributed by atoms with Crippen LogP contribution in [0.3, 0.4) is 0 Å². The van der Waals surface area contributed by atoms with Gasteiger partial charge in [0, 0.05) is 12.6 Å². The summed E-state index contributed by atoms with van der Waals surface area (Å²) in [6.45, 7) is 3.71. The van der Waals surface area contributed by atoms with E-state index in [1.54, 1.807) is 0 Å². The molecule has 3 rings (SSSR count). The third-order valence-corrected chi connectivity index (χ3v) is 3.79. The fourth-order valence-corrected chi connectivity index (χ4v) is 2.56. The van der Waals surface area contributed by atoms with Gasteiger partial charge in [-0.05, 0) is 50.0 Å². The molecule has 18 heavy (non-hydrogen) atoms. The normalized spacial score (nSPS) is 20.3. The molecule has 1 saturated heterocycles. The molecule has 1 aromatic rings. The lowest BCUT2D eigenvalue weighted by molar-refractivity contribution is 0.174. The molecule has 4 heteroatoms. The van der Waals surface area contributed by atoms with E-state index in [1.807, 2.05) is 6.07 Å². The number of hydrogen-bond acceptors (Lipinski definition) is 4. The molecule has 0 unspecified atom stereocenters. The van der Waals surface area contributed by atoms with Gasteiger partial charge in [-0.1, -0.05) is 6.07 Å². The van der Waals surface area contributed by atoms with E-state index in [1.165, 1.54) is 5.56 Å². The van der Waals surface area contributed by atoms with Crippen molar-refractivity contribution in [1.29, 1.82) is 0 Å². The molecule has 1 aromatic carbocycles. The molecule has 0 atom stereocenters. The zero-order valence-electron chi connectivity index (χ0n) is 10.6. The maximum Gasteiger partial charge on any atom is 0.231 e. The van der Waals surface area contributed by atoms with Crippen molar-refractivity contribution in [3.8, 4) is 11.5 Å². The number of likely N-dealkylation sites (tertiary alicyclic amines) is 1. The first-order valence-electron chi connectivity index (χ1n) is 6.68. The number of rotatable bonds is 3. The summed E-state index contributed by atoms with van der Waals surface area (Å²) in [6.07, 6.45) is 3.31. The van der Waals surface area contributed by atoms with Gasteiger partial charge in [-0.25, -0.2) is 0 Å². The third kappa shape index (κ3) is 2.60. The highest BCUT2D eigenvalue weighted by Gasteiger charge is 2.16. The van der Waals surface area contributed by atoms with Crippen LogP contribution in [0.5, 0.6) is 11.5 Å². The van der Waals surface area contributed by atoms with Gasteiger partial charge in [0.15, 0.2) is 11.5 Å². The van der Waals surface area contributed by atoms with E-state index in [2.05, 4.69) is 17.0 Å². The molecular formula is C14H20N2O2. The van der Waals surface area contributed by atoms with Crippen LogP contribution in [0.2, 0.25) is 0 Å². The summed E-state index contributed by atoms with van der Waals surface area (Å²) in [5, 5.41) is 0. The molecule has 2 aliphatic heterocycles. The van der Waals surface area contributed by atoms with Crippen molar-refractivity contribution in [3.05, 3.63) is 23.8 Å². The molecule has 0 radical (unpaired) electrons. The second-order valence-electron chi connectivity index (χ2n) is 5.12. The van der Waals surface area contributed by atoms with Gasteiger partial charge in [0.1, 0.15) is 0 Å². The molecule has 0 aliphatic carbocycles. The summed E-state index contributed by atoms with van der Waals surface area (Å²) in [7, 11) is 0. The first-order chi connectivity index (χ1) is 8.81. The Morgan fingerprint density at radius 1 is 1.17 bits per heavy atom. The minimum absolute atomic E-state index is 0.350. The zero-order valence-corrected chi connectivity index (χ0v) is 10.6. The second-order valence-corrected chi connectivity index (χ2v) is 5.12. The molecule has 4 nitrogen and oxygen atoms in total. The lowest BCUT2D eigenvalue weighted by Crippen LogP contribution is -2.40. The molecule has 0 amide bonds. The summed E-state index contributed by atoms with van der Waals surface area (Å²) in [6, 6.07) is 6.64. The van der Waals surface area contributed by atoms with Crippen molar-refractivity contribution in [2.45, 2.75) is 25.3 Å². The summed E-state index contributed by atoms with van der Waals surface area (Å²) in [5.41, 5.74) is 7.22. The van der Waals surface area contributed by atoms with E-state index < -0.39 is 0 Å². The van der Waals surface area contributed by atoms with Crippen LogP contribution in [-0.2, 0) is 6.42 Å². The summed E-state index contributed by atoms with van der Waals surface area (Å²) < 4.78 is 10.7. The van der Waals surface area contributed by atoms with Crippen molar-refractivity contribution in [2.24, 2.45) is 5.73 Å². The lowest BCUT2D eigenvalue weighted by Gasteiger charge is -2.29. The topological polar surface area (TPSA) is 47.7 Å². The average Bonchev–Trinajstić information content (AvgIpc) is 2.85. The van der Waals surface area contributed by atoms with Crippen LogP contribution in [0.25, 0.3) is 0 Å². The number of ether oxygens (including phenoxy) is 2. The van der Waals surface area contributed by atoms with E-state index in [9.17, 15) is 0 Å². The summed E-state index contributed by atoms with van der Waals surface area (Å²) in [4.78, 5) is 2.49. The highest BCUT2D eigenvalue weighted by atomic mass is 16.7. The van der Waals surface area contributed by atoms with Crippen LogP contribution >= 0.6 is 0 Å². The highest BCUT2D eigenvalue weighted by Crippen LogP contribution is 2.32. The van der Waals surface area contributed by atoms with Crippen LogP contribution in [0.1, 0.15) is 18.4 Å². The number of hydrogen-bond donors (Lipinski definition) is 1. The van der Waals surface area contributed by atoms with Crippen LogP contribution in [0.4, 0.5) is 0 Å². The lowest BCUT2D eigenvalue weighted by atomic mass is 10.1. The molecule has 98 valence electrons. The predicted molar refractivity (Wildman–Crippen MR) is 69.9 cm³/mol. The number of benzene rings is 1. The van der Waals surface area contributed by atoms with Crippen molar-refractivity contribution in [2.75, 3.05) is 26.4 Å². The van der Waals surface area contributed by atoms with Gasteiger partial charge >= 0.3 is 0 Å². The Bertz CT molecular complexity index is 414. The van der Waals surface area contributed by atoms with Gasteiger partial charge < -0.3 is 20.1 Å². The molecule has 0 saturated carbocycles. The Morgan fingerprint density at radius 3 is 2.78 bits per heavy atom. The Kier molecular flexibility index (Phi) is 3.39. The predicted octanol–water partition coefficient (Wildman–Crippen LogP) is 1.38. The molecule has 2 heterocycles. The smallest absolute Gasteiger partial charge is 0.231 e. The van der Waals surface area contributed by atoms with Gasteiger partial charge in [0.2, 0.25) is 6.79 Å².